The molecular weight excluding hydrogens is 386 g/mol. The van der Waals surface area contributed by atoms with E-state index in [0.29, 0.717) is 29.8 Å². The Hall–Kier alpha value is -2.62. The van der Waals surface area contributed by atoms with Gasteiger partial charge in [-0.1, -0.05) is 6.07 Å². The summed E-state index contributed by atoms with van der Waals surface area (Å²) in [6, 6.07) is 5.40. The van der Waals surface area contributed by atoms with Crippen LogP contribution in [0.15, 0.2) is 18.2 Å². The Balaban J connectivity index is 1.24. The summed E-state index contributed by atoms with van der Waals surface area (Å²) in [6.07, 6.45) is 1.49. The Morgan fingerprint density at radius 3 is 2.73 bits per heavy atom. The van der Waals surface area contributed by atoms with Crippen molar-refractivity contribution in [1.82, 2.24) is 25.8 Å². The van der Waals surface area contributed by atoms with Crippen molar-refractivity contribution in [3.63, 3.8) is 0 Å². The molecule has 30 heavy (non-hydrogen) atoms. The monoisotopic (exact) mass is 411 g/mol. The number of piperazine rings is 1. The molecule has 0 saturated carbocycles. The molecule has 158 valence electrons. The normalized spacial score (nSPS) is 30.6. The van der Waals surface area contributed by atoms with E-state index in [1.807, 2.05) is 6.07 Å². The van der Waals surface area contributed by atoms with Gasteiger partial charge in [0.15, 0.2) is 0 Å². The maximum Gasteiger partial charge on any atom is 0.262 e. The topological polar surface area (TPSA) is 111 Å². The Morgan fingerprint density at radius 2 is 1.90 bits per heavy atom. The lowest BCUT2D eigenvalue weighted by Gasteiger charge is -2.33. The third-order valence-electron chi connectivity index (χ3n) is 6.59. The Kier molecular flexibility index (Phi) is 4.88. The first kappa shape index (κ1) is 19.3. The van der Waals surface area contributed by atoms with Crippen molar-refractivity contribution in [3.05, 3.63) is 34.9 Å². The molecule has 4 aliphatic rings. The molecule has 3 saturated heterocycles. The van der Waals surface area contributed by atoms with E-state index in [0.717, 1.165) is 36.6 Å². The van der Waals surface area contributed by atoms with Gasteiger partial charge >= 0.3 is 0 Å². The summed E-state index contributed by atoms with van der Waals surface area (Å²) in [5.41, 5.74) is 1.56. The van der Waals surface area contributed by atoms with Crippen LogP contribution in [0.25, 0.3) is 0 Å². The number of fused-ring (bicyclic) bond motifs is 3. The van der Waals surface area contributed by atoms with Crippen LogP contribution in [0.4, 0.5) is 0 Å². The first-order chi connectivity index (χ1) is 14.5. The van der Waals surface area contributed by atoms with Gasteiger partial charge in [0.2, 0.25) is 11.8 Å². The predicted octanol–water partition coefficient (Wildman–Crippen LogP) is -0.776. The van der Waals surface area contributed by atoms with Crippen LogP contribution in [0, 0.1) is 0 Å². The van der Waals surface area contributed by atoms with Crippen LogP contribution < -0.4 is 16.0 Å². The van der Waals surface area contributed by atoms with Crippen molar-refractivity contribution in [2.45, 2.75) is 43.9 Å². The molecule has 4 amide bonds. The molecule has 4 heterocycles. The summed E-state index contributed by atoms with van der Waals surface area (Å²) in [7, 11) is 0. The summed E-state index contributed by atoms with van der Waals surface area (Å²) in [5.74, 6) is -1.90. The Bertz CT molecular complexity index is 932. The van der Waals surface area contributed by atoms with Crippen molar-refractivity contribution in [3.8, 4) is 0 Å². The number of imide groups is 2. The molecule has 0 radical (unpaired) electrons. The number of benzene rings is 1. The van der Waals surface area contributed by atoms with Crippen LogP contribution in [0.3, 0.4) is 0 Å². The minimum absolute atomic E-state index is 0.118. The zero-order valence-corrected chi connectivity index (χ0v) is 16.6. The molecule has 2 bridgehead atoms. The second-order valence-electron chi connectivity index (χ2n) is 8.50. The predicted molar refractivity (Wildman–Crippen MR) is 107 cm³/mol. The minimum atomic E-state index is -0.931. The van der Waals surface area contributed by atoms with Crippen molar-refractivity contribution in [2.24, 2.45) is 0 Å². The highest BCUT2D eigenvalue weighted by Crippen LogP contribution is 2.28. The number of carbonyl (C=O) groups is 4. The van der Waals surface area contributed by atoms with Crippen LogP contribution in [0.5, 0.6) is 0 Å². The average Bonchev–Trinajstić information content (AvgIpc) is 3.23. The Labute approximate surface area is 174 Å². The van der Waals surface area contributed by atoms with Crippen molar-refractivity contribution in [2.75, 3.05) is 26.2 Å². The van der Waals surface area contributed by atoms with Crippen LogP contribution in [-0.4, -0.2) is 77.7 Å². The third kappa shape index (κ3) is 3.32. The summed E-state index contributed by atoms with van der Waals surface area (Å²) < 4.78 is 0. The minimum Gasteiger partial charge on any atom is -0.311 e. The number of hydrogen-bond donors (Lipinski definition) is 3. The molecule has 3 fully saturated rings. The largest absolute Gasteiger partial charge is 0.311 e. The smallest absolute Gasteiger partial charge is 0.262 e. The zero-order valence-electron chi connectivity index (χ0n) is 16.6. The summed E-state index contributed by atoms with van der Waals surface area (Å²) >= 11 is 0. The van der Waals surface area contributed by atoms with E-state index in [2.05, 4.69) is 20.9 Å². The molecule has 4 atom stereocenters. The molecule has 4 aliphatic heterocycles. The molecule has 5 rings (SSSR count). The zero-order chi connectivity index (χ0) is 20.8. The fraction of sp³-hybridized carbons (Fsp3) is 0.524. The number of amides is 4. The summed E-state index contributed by atoms with van der Waals surface area (Å²) in [4.78, 5) is 52.7. The van der Waals surface area contributed by atoms with Gasteiger partial charge in [-0.25, -0.2) is 0 Å². The molecule has 9 nitrogen and oxygen atoms in total. The van der Waals surface area contributed by atoms with Gasteiger partial charge in [-0.15, -0.1) is 0 Å². The summed E-state index contributed by atoms with van der Waals surface area (Å²) in [6.45, 7) is 4.68. The molecule has 1 aromatic rings. The maximum atomic E-state index is 12.9. The molecule has 4 unspecified atom stereocenters. The lowest BCUT2D eigenvalue weighted by molar-refractivity contribution is -0.136. The molecule has 1 aromatic carbocycles. The van der Waals surface area contributed by atoms with Crippen molar-refractivity contribution >= 4 is 23.6 Å². The molecule has 0 spiro atoms. The molecule has 0 aromatic heterocycles. The second kappa shape index (κ2) is 7.57. The molecule has 0 aliphatic carbocycles. The SMILES string of the molecule is O=C1CCC(N2C(=O)c3ccc(CNCC4CNC5CCN4C5)cc3C2=O)C(=O)N1. The molecule has 9 heteroatoms. The van der Waals surface area contributed by atoms with Crippen molar-refractivity contribution in [1.29, 1.82) is 0 Å². The fourth-order valence-electron chi connectivity index (χ4n) is 4.93. The molecule has 3 N–H and O–H groups in total. The average molecular weight is 411 g/mol. The van der Waals surface area contributed by atoms with Gasteiger partial charge in [0.05, 0.1) is 11.1 Å². The third-order valence-corrected chi connectivity index (χ3v) is 6.59. The van der Waals surface area contributed by atoms with Gasteiger partial charge in [0.1, 0.15) is 6.04 Å². The Morgan fingerprint density at radius 1 is 1.07 bits per heavy atom. The van der Waals surface area contributed by atoms with E-state index in [1.165, 1.54) is 6.42 Å². The number of nitrogens with one attached hydrogen (secondary N) is 3. The van der Waals surface area contributed by atoms with Crippen LogP contribution in [-0.2, 0) is 16.1 Å². The van der Waals surface area contributed by atoms with Gasteiger partial charge in [0, 0.05) is 51.2 Å². The maximum absolute atomic E-state index is 12.9. The highest BCUT2D eigenvalue weighted by molar-refractivity contribution is 6.23. The number of carbonyl (C=O) groups excluding carboxylic acids is 4. The van der Waals surface area contributed by atoms with Gasteiger partial charge < -0.3 is 10.6 Å². The van der Waals surface area contributed by atoms with E-state index in [4.69, 9.17) is 0 Å². The number of rotatable bonds is 5. The summed E-state index contributed by atoms with van der Waals surface area (Å²) in [5, 5.41) is 9.25. The van der Waals surface area contributed by atoms with Crippen LogP contribution in [0.2, 0.25) is 0 Å². The molecular formula is C21H25N5O4. The number of nitrogens with zero attached hydrogens (tertiary/aromatic N) is 2. The number of hydrogen-bond acceptors (Lipinski definition) is 7. The van der Waals surface area contributed by atoms with Gasteiger partial charge in [-0.05, 0) is 30.5 Å². The van der Waals surface area contributed by atoms with Crippen LogP contribution >= 0.6 is 0 Å². The van der Waals surface area contributed by atoms with E-state index in [9.17, 15) is 19.2 Å². The quantitative estimate of drug-likeness (QED) is 0.546. The van der Waals surface area contributed by atoms with Crippen LogP contribution in [0.1, 0.15) is 45.5 Å². The van der Waals surface area contributed by atoms with Gasteiger partial charge in [-0.3, -0.25) is 34.3 Å². The first-order valence-electron chi connectivity index (χ1n) is 10.5. The second-order valence-corrected chi connectivity index (χ2v) is 8.50. The lowest BCUT2D eigenvalue weighted by Crippen LogP contribution is -2.54. The first-order valence-corrected chi connectivity index (χ1v) is 10.5. The highest BCUT2D eigenvalue weighted by Gasteiger charge is 2.44. The fourth-order valence-corrected chi connectivity index (χ4v) is 4.93. The van der Waals surface area contributed by atoms with E-state index >= 15 is 0 Å². The van der Waals surface area contributed by atoms with E-state index in [1.54, 1.807) is 12.1 Å². The highest BCUT2D eigenvalue weighted by atomic mass is 16.2. The number of piperidine rings is 1. The van der Waals surface area contributed by atoms with E-state index < -0.39 is 23.8 Å². The standard InChI is InChI=1S/C21H25N5O4/c27-18-4-3-17(19(28)24-18)26-20(29)15-2-1-12(7-16(15)21(26)30)8-22-9-14-10-23-13-5-6-25(14)11-13/h1-2,7,13-14,17,22-23H,3-6,8-11H2,(H,24,27,28). The lowest BCUT2D eigenvalue weighted by atomic mass is 10.0. The van der Waals surface area contributed by atoms with Gasteiger partial charge in [-0.2, -0.15) is 0 Å². The van der Waals surface area contributed by atoms with E-state index in [-0.39, 0.29) is 18.7 Å². The van der Waals surface area contributed by atoms with Crippen molar-refractivity contribution < 1.29 is 19.2 Å². The van der Waals surface area contributed by atoms with Gasteiger partial charge in [0.25, 0.3) is 11.8 Å².